The third kappa shape index (κ3) is 4.03. The standard InChI is InChI=1S/C18H20Br2N2O/c1-9-5-13(6-10(2)15(9)19)17(21)18(23)22-14-7-11(3)16(20)12(4)8-14/h5-8,17H,21H2,1-4H3,(H,22,23). The number of nitrogens with two attached hydrogens (primary N) is 1. The van der Waals surface area contributed by atoms with Crippen LogP contribution in [-0.4, -0.2) is 5.91 Å². The molecule has 3 N–H and O–H groups in total. The van der Waals surface area contributed by atoms with E-state index in [9.17, 15) is 4.79 Å². The van der Waals surface area contributed by atoms with Crippen molar-refractivity contribution in [2.75, 3.05) is 5.32 Å². The van der Waals surface area contributed by atoms with E-state index in [1.54, 1.807) is 0 Å². The lowest BCUT2D eigenvalue weighted by atomic mass is 10.0. The van der Waals surface area contributed by atoms with Crippen molar-refractivity contribution < 1.29 is 4.79 Å². The first-order valence-electron chi connectivity index (χ1n) is 7.30. The number of hydrogen-bond acceptors (Lipinski definition) is 2. The highest BCUT2D eigenvalue weighted by Crippen LogP contribution is 2.27. The average molecular weight is 440 g/mol. The second-order valence-corrected chi connectivity index (χ2v) is 7.45. The minimum atomic E-state index is -0.704. The number of carbonyl (C=O) groups is 1. The van der Waals surface area contributed by atoms with Crippen molar-refractivity contribution in [3.63, 3.8) is 0 Å². The normalized spacial score (nSPS) is 12.1. The van der Waals surface area contributed by atoms with Gasteiger partial charge in [-0.25, -0.2) is 0 Å². The lowest BCUT2D eigenvalue weighted by Crippen LogP contribution is -2.28. The lowest BCUT2D eigenvalue weighted by molar-refractivity contribution is -0.117. The van der Waals surface area contributed by atoms with Gasteiger partial charge in [0.1, 0.15) is 6.04 Å². The first-order valence-corrected chi connectivity index (χ1v) is 8.89. The summed E-state index contributed by atoms with van der Waals surface area (Å²) >= 11 is 7.06. The van der Waals surface area contributed by atoms with Gasteiger partial charge in [-0.2, -0.15) is 0 Å². The highest BCUT2D eigenvalue weighted by Gasteiger charge is 2.18. The van der Waals surface area contributed by atoms with Crippen molar-refractivity contribution in [1.29, 1.82) is 0 Å². The summed E-state index contributed by atoms with van der Waals surface area (Å²) < 4.78 is 2.10. The first kappa shape index (κ1) is 18.2. The summed E-state index contributed by atoms with van der Waals surface area (Å²) in [4.78, 5) is 12.5. The zero-order valence-corrected chi connectivity index (χ0v) is 16.8. The maximum absolute atomic E-state index is 12.5. The molecule has 0 aliphatic heterocycles. The number of carbonyl (C=O) groups excluding carboxylic acids is 1. The topological polar surface area (TPSA) is 55.1 Å². The third-order valence-electron chi connectivity index (χ3n) is 3.80. The van der Waals surface area contributed by atoms with Gasteiger partial charge in [-0.15, -0.1) is 0 Å². The van der Waals surface area contributed by atoms with E-state index in [0.717, 1.165) is 42.5 Å². The molecule has 0 bridgehead atoms. The van der Waals surface area contributed by atoms with E-state index in [1.165, 1.54) is 0 Å². The molecule has 3 nitrogen and oxygen atoms in total. The van der Waals surface area contributed by atoms with Gasteiger partial charge < -0.3 is 11.1 Å². The van der Waals surface area contributed by atoms with Crippen LogP contribution < -0.4 is 11.1 Å². The first-order chi connectivity index (χ1) is 10.7. The molecule has 1 amide bonds. The van der Waals surface area contributed by atoms with E-state index < -0.39 is 6.04 Å². The van der Waals surface area contributed by atoms with Crippen LogP contribution in [0.25, 0.3) is 0 Å². The molecule has 0 aliphatic carbocycles. The second-order valence-electron chi connectivity index (χ2n) is 5.86. The molecule has 2 aromatic rings. The summed E-state index contributed by atoms with van der Waals surface area (Å²) in [5, 5.41) is 2.91. The maximum atomic E-state index is 12.5. The number of amides is 1. The maximum Gasteiger partial charge on any atom is 0.245 e. The molecule has 0 radical (unpaired) electrons. The van der Waals surface area contributed by atoms with Gasteiger partial charge in [-0.3, -0.25) is 4.79 Å². The predicted octanol–water partition coefficient (Wildman–Crippen LogP) is 5.08. The molecule has 0 heterocycles. The van der Waals surface area contributed by atoms with Crippen LogP contribution in [0.15, 0.2) is 33.2 Å². The fraction of sp³-hybridized carbons (Fsp3) is 0.278. The zero-order chi connectivity index (χ0) is 17.3. The molecule has 1 unspecified atom stereocenters. The Morgan fingerprint density at radius 2 is 1.30 bits per heavy atom. The molecule has 5 heteroatoms. The molecule has 2 aromatic carbocycles. The number of anilines is 1. The van der Waals surface area contributed by atoms with Crippen LogP contribution in [0.5, 0.6) is 0 Å². The average Bonchev–Trinajstić information content (AvgIpc) is 2.48. The van der Waals surface area contributed by atoms with Crippen molar-refractivity contribution in [1.82, 2.24) is 0 Å². The fourth-order valence-corrected chi connectivity index (χ4v) is 3.01. The number of aryl methyl sites for hydroxylation is 4. The Morgan fingerprint density at radius 1 is 0.913 bits per heavy atom. The van der Waals surface area contributed by atoms with Crippen LogP contribution in [0.1, 0.15) is 33.9 Å². The molecule has 0 fully saturated rings. The number of nitrogens with one attached hydrogen (secondary N) is 1. The Balaban J connectivity index is 2.24. The molecule has 0 aliphatic rings. The zero-order valence-electron chi connectivity index (χ0n) is 13.6. The van der Waals surface area contributed by atoms with Gasteiger partial charge in [0.25, 0.3) is 0 Å². The monoisotopic (exact) mass is 438 g/mol. The summed E-state index contributed by atoms with van der Waals surface area (Å²) in [5.74, 6) is -0.216. The predicted molar refractivity (Wildman–Crippen MR) is 103 cm³/mol. The van der Waals surface area contributed by atoms with Crippen molar-refractivity contribution in [3.8, 4) is 0 Å². The van der Waals surface area contributed by atoms with Crippen molar-refractivity contribution in [2.45, 2.75) is 33.7 Å². The number of rotatable bonds is 3. The van der Waals surface area contributed by atoms with E-state index in [1.807, 2.05) is 52.0 Å². The van der Waals surface area contributed by atoms with E-state index in [-0.39, 0.29) is 5.91 Å². The van der Waals surface area contributed by atoms with Crippen LogP contribution >= 0.6 is 31.9 Å². The summed E-state index contributed by atoms with van der Waals surface area (Å²) in [6, 6.07) is 7.04. The Kier molecular flexibility index (Phi) is 5.65. The van der Waals surface area contributed by atoms with Crippen molar-refractivity contribution in [3.05, 3.63) is 61.0 Å². The van der Waals surface area contributed by atoms with E-state index >= 15 is 0 Å². The van der Waals surface area contributed by atoms with Crippen LogP contribution in [0, 0.1) is 27.7 Å². The quantitative estimate of drug-likeness (QED) is 0.700. The highest BCUT2D eigenvalue weighted by atomic mass is 79.9. The van der Waals surface area contributed by atoms with Gasteiger partial charge in [-0.1, -0.05) is 44.0 Å². The molecule has 0 saturated carbocycles. The van der Waals surface area contributed by atoms with Gasteiger partial charge in [0, 0.05) is 14.6 Å². The molecule has 122 valence electrons. The lowest BCUT2D eigenvalue weighted by Gasteiger charge is -2.16. The van der Waals surface area contributed by atoms with Gasteiger partial charge in [0.05, 0.1) is 0 Å². The minimum absolute atomic E-state index is 0.216. The molecular formula is C18H20Br2N2O. The largest absolute Gasteiger partial charge is 0.324 e. The van der Waals surface area contributed by atoms with Gasteiger partial charge in [-0.05, 0) is 67.6 Å². The van der Waals surface area contributed by atoms with Gasteiger partial charge in [0.15, 0.2) is 0 Å². The van der Waals surface area contributed by atoms with Crippen LogP contribution in [0.2, 0.25) is 0 Å². The number of halogens is 2. The van der Waals surface area contributed by atoms with Gasteiger partial charge in [0.2, 0.25) is 5.91 Å². The van der Waals surface area contributed by atoms with E-state index in [2.05, 4.69) is 37.2 Å². The van der Waals surface area contributed by atoms with Crippen LogP contribution in [0.3, 0.4) is 0 Å². The molecule has 2 rings (SSSR count). The Hall–Kier alpha value is -1.17. The van der Waals surface area contributed by atoms with Gasteiger partial charge >= 0.3 is 0 Å². The van der Waals surface area contributed by atoms with Crippen molar-refractivity contribution in [2.24, 2.45) is 5.73 Å². The van der Waals surface area contributed by atoms with Crippen molar-refractivity contribution >= 4 is 43.5 Å². The Bertz CT molecular complexity index is 726. The fourth-order valence-electron chi connectivity index (χ4n) is 2.55. The summed E-state index contributed by atoms with van der Waals surface area (Å²) in [7, 11) is 0. The molecule has 0 aromatic heterocycles. The van der Waals surface area contributed by atoms with E-state index in [0.29, 0.717) is 0 Å². The molecule has 0 saturated heterocycles. The van der Waals surface area contributed by atoms with Crippen LogP contribution in [-0.2, 0) is 4.79 Å². The third-order valence-corrected chi connectivity index (χ3v) is 6.31. The molecule has 0 spiro atoms. The van der Waals surface area contributed by atoms with E-state index in [4.69, 9.17) is 5.73 Å². The smallest absolute Gasteiger partial charge is 0.245 e. The summed E-state index contributed by atoms with van der Waals surface area (Å²) in [6.07, 6.45) is 0. The Morgan fingerprint density at radius 3 is 1.74 bits per heavy atom. The second kappa shape index (κ2) is 7.16. The summed E-state index contributed by atoms with van der Waals surface area (Å²) in [6.45, 7) is 7.97. The summed E-state index contributed by atoms with van der Waals surface area (Å²) in [5.41, 5.74) is 12.0. The molecular weight excluding hydrogens is 420 g/mol. The molecule has 1 atom stereocenters. The molecule has 23 heavy (non-hydrogen) atoms. The Labute approximate surface area is 153 Å². The SMILES string of the molecule is Cc1cc(NC(=O)C(N)c2cc(C)c(Br)c(C)c2)cc(C)c1Br. The highest BCUT2D eigenvalue weighted by molar-refractivity contribution is 9.10. The van der Waals surface area contributed by atoms with Crippen LogP contribution in [0.4, 0.5) is 5.69 Å². The number of benzene rings is 2. The number of hydrogen-bond donors (Lipinski definition) is 2. The minimum Gasteiger partial charge on any atom is -0.324 e.